The Hall–Kier alpha value is -2.05. The van der Waals surface area contributed by atoms with Gasteiger partial charge >= 0.3 is 0 Å². The minimum absolute atomic E-state index is 0.0668. The number of thioether (sulfide) groups is 1. The predicted octanol–water partition coefficient (Wildman–Crippen LogP) is 4.25. The van der Waals surface area contributed by atoms with Crippen LogP contribution >= 0.6 is 11.8 Å². The third-order valence-electron chi connectivity index (χ3n) is 3.76. The summed E-state index contributed by atoms with van der Waals surface area (Å²) in [4.78, 5) is 12.9. The van der Waals surface area contributed by atoms with Gasteiger partial charge in [-0.25, -0.2) is 8.42 Å². The summed E-state index contributed by atoms with van der Waals surface area (Å²) >= 11 is 1.06. The Morgan fingerprint density at radius 2 is 1.56 bits per heavy atom. The molecule has 0 unspecified atom stereocenters. The SMILES string of the molecule is COc1ccc(C(=O)/C(C)=C(\SC)S(=O)(=O)c2ccc(C)cc2)cc1. The molecule has 0 aromatic heterocycles. The Labute approximate surface area is 152 Å². The maximum Gasteiger partial charge on any atom is 0.212 e. The van der Waals surface area contributed by atoms with Crippen LogP contribution in [-0.4, -0.2) is 27.6 Å². The van der Waals surface area contributed by atoms with Gasteiger partial charge in [0.1, 0.15) is 9.99 Å². The van der Waals surface area contributed by atoms with Crippen molar-refractivity contribution in [3.63, 3.8) is 0 Å². The molecule has 2 aromatic rings. The summed E-state index contributed by atoms with van der Waals surface area (Å²) < 4.78 is 30.9. The van der Waals surface area contributed by atoms with Crippen LogP contribution in [0.5, 0.6) is 5.75 Å². The first kappa shape index (κ1) is 19.3. The van der Waals surface area contributed by atoms with Crippen molar-refractivity contribution in [1.82, 2.24) is 0 Å². The van der Waals surface area contributed by atoms with Crippen LogP contribution in [-0.2, 0) is 9.84 Å². The summed E-state index contributed by atoms with van der Waals surface area (Å²) in [6.45, 7) is 3.43. The van der Waals surface area contributed by atoms with E-state index in [1.807, 2.05) is 6.92 Å². The lowest BCUT2D eigenvalue weighted by molar-refractivity contribution is 0.103. The van der Waals surface area contributed by atoms with Gasteiger partial charge in [0.05, 0.1) is 12.0 Å². The number of benzene rings is 2. The number of ketones is 1. The number of aryl methyl sites for hydroxylation is 1. The van der Waals surface area contributed by atoms with Crippen LogP contribution in [0.25, 0.3) is 0 Å². The molecule has 0 radical (unpaired) electrons. The van der Waals surface area contributed by atoms with E-state index in [0.29, 0.717) is 11.3 Å². The highest BCUT2D eigenvalue weighted by Gasteiger charge is 2.25. The molecular formula is C19H20O4S2. The van der Waals surface area contributed by atoms with E-state index in [0.717, 1.165) is 17.3 Å². The fraction of sp³-hybridized carbons (Fsp3) is 0.211. The molecule has 0 N–H and O–H groups in total. The van der Waals surface area contributed by atoms with E-state index in [2.05, 4.69) is 0 Å². The number of rotatable bonds is 6. The lowest BCUT2D eigenvalue weighted by atomic mass is 10.1. The maximum absolute atomic E-state index is 12.9. The van der Waals surface area contributed by atoms with Crippen LogP contribution in [0, 0.1) is 6.92 Å². The number of hydrogen-bond donors (Lipinski definition) is 0. The van der Waals surface area contributed by atoms with Crippen molar-refractivity contribution in [2.75, 3.05) is 13.4 Å². The van der Waals surface area contributed by atoms with Gasteiger partial charge in [0.15, 0.2) is 5.78 Å². The molecule has 2 aromatic carbocycles. The normalized spacial score (nSPS) is 12.5. The molecule has 0 spiro atoms. The molecule has 0 heterocycles. The molecule has 0 saturated heterocycles. The van der Waals surface area contributed by atoms with E-state index in [-0.39, 0.29) is 20.5 Å². The van der Waals surface area contributed by atoms with Crippen molar-refractivity contribution >= 4 is 27.4 Å². The Bertz CT molecular complexity index is 893. The molecule has 25 heavy (non-hydrogen) atoms. The van der Waals surface area contributed by atoms with Gasteiger partial charge < -0.3 is 4.74 Å². The van der Waals surface area contributed by atoms with Crippen molar-refractivity contribution < 1.29 is 17.9 Å². The first-order chi connectivity index (χ1) is 11.8. The minimum atomic E-state index is -3.74. The second-order valence-corrected chi connectivity index (χ2v) is 8.45. The molecule has 0 aliphatic heterocycles. The molecule has 0 atom stereocenters. The molecule has 0 amide bonds. The zero-order valence-corrected chi connectivity index (χ0v) is 16.2. The van der Waals surface area contributed by atoms with E-state index in [4.69, 9.17) is 4.74 Å². The number of ether oxygens (including phenoxy) is 1. The quantitative estimate of drug-likeness (QED) is 0.557. The van der Waals surface area contributed by atoms with Gasteiger partial charge in [0.25, 0.3) is 0 Å². The third-order valence-corrected chi connectivity index (χ3v) is 7.28. The van der Waals surface area contributed by atoms with Crippen LogP contribution in [0.3, 0.4) is 0 Å². The van der Waals surface area contributed by atoms with Crippen LogP contribution in [0.1, 0.15) is 22.8 Å². The first-order valence-electron chi connectivity index (χ1n) is 7.56. The fourth-order valence-corrected chi connectivity index (χ4v) is 5.11. The topological polar surface area (TPSA) is 60.4 Å². The van der Waals surface area contributed by atoms with E-state index >= 15 is 0 Å². The van der Waals surface area contributed by atoms with Gasteiger partial charge in [-0.3, -0.25) is 4.79 Å². The van der Waals surface area contributed by atoms with Crippen molar-refractivity contribution in [3.05, 3.63) is 69.5 Å². The van der Waals surface area contributed by atoms with Crippen molar-refractivity contribution in [2.45, 2.75) is 18.7 Å². The average molecular weight is 376 g/mol. The molecule has 4 nitrogen and oxygen atoms in total. The van der Waals surface area contributed by atoms with E-state index in [9.17, 15) is 13.2 Å². The smallest absolute Gasteiger partial charge is 0.212 e. The van der Waals surface area contributed by atoms with Gasteiger partial charge in [-0.2, -0.15) is 0 Å². The molecule has 6 heteroatoms. The first-order valence-corrected chi connectivity index (χ1v) is 10.3. The second kappa shape index (κ2) is 7.89. The molecule has 132 valence electrons. The number of sulfone groups is 1. The van der Waals surface area contributed by atoms with E-state index in [1.54, 1.807) is 68.8 Å². The number of carbonyl (C=O) groups is 1. The fourth-order valence-electron chi connectivity index (χ4n) is 2.34. The number of carbonyl (C=O) groups excluding carboxylic acids is 1. The molecular weight excluding hydrogens is 356 g/mol. The molecule has 2 rings (SSSR count). The Morgan fingerprint density at radius 3 is 2.04 bits per heavy atom. The molecule has 0 fully saturated rings. The monoisotopic (exact) mass is 376 g/mol. The van der Waals surface area contributed by atoms with Crippen molar-refractivity contribution in [3.8, 4) is 5.75 Å². The minimum Gasteiger partial charge on any atom is -0.497 e. The van der Waals surface area contributed by atoms with Gasteiger partial charge in [0.2, 0.25) is 9.84 Å². The summed E-state index contributed by atoms with van der Waals surface area (Å²) in [5.41, 5.74) is 1.60. The lowest BCUT2D eigenvalue weighted by Crippen LogP contribution is -2.10. The number of methoxy groups -OCH3 is 1. The Morgan fingerprint density at radius 1 is 1.00 bits per heavy atom. The van der Waals surface area contributed by atoms with E-state index in [1.165, 1.54) is 0 Å². The average Bonchev–Trinajstić information content (AvgIpc) is 2.61. The number of hydrogen-bond acceptors (Lipinski definition) is 5. The second-order valence-electron chi connectivity index (χ2n) is 5.49. The highest BCUT2D eigenvalue weighted by Crippen LogP contribution is 2.31. The summed E-state index contributed by atoms with van der Waals surface area (Å²) in [7, 11) is -2.19. The van der Waals surface area contributed by atoms with Gasteiger partial charge in [-0.05, 0) is 56.5 Å². The highest BCUT2D eigenvalue weighted by molar-refractivity contribution is 8.18. The molecule has 0 bridgehead atoms. The van der Waals surface area contributed by atoms with Crippen LogP contribution in [0.2, 0.25) is 0 Å². The van der Waals surface area contributed by atoms with Crippen molar-refractivity contribution in [1.29, 1.82) is 0 Å². The van der Waals surface area contributed by atoms with Crippen LogP contribution in [0.4, 0.5) is 0 Å². The summed E-state index contributed by atoms with van der Waals surface area (Å²) in [5, 5.41) is 0. The largest absolute Gasteiger partial charge is 0.497 e. The Balaban J connectivity index is 2.47. The predicted molar refractivity (Wildman–Crippen MR) is 102 cm³/mol. The van der Waals surface area contributed by atoms with Gasteiger partial charge in [-0.1, -0.05) is 17.7 Å². The number of allylic oxidation sites excluding steroid dienone is 1. The summed E-state index contributed by atoms with van der Waals surface area (Å²) in [6.07, 6.45) is 1.66. The molecule has 0 aliphatic rings. The lowest BCUT2D eigenvalue weighted by Gasteiger charge is -2.11. The van der Waals surface area contributed by atoms with Gasteiger partial charge in [0, 0.05) is 11.1 Å². The maximum atomic E-state index is 12.9. The Kier molecular flexibility index (Phi) is 6.08. The standard InChI is InChI=1S/C19H20O4S2/c1-13-5-11-17(12-6-13)25(21,22)19(24-4)14(2)18(20)15-7-9-16(23-3)10-8-15/h5-12H,1-4H3/b19-14+. The zero-order valence-electron chi connectivity index (χ0n) is 14.6. The van der Waals surface area contributed by atoms with E-state index < -0.39 is 9.84 Å². The summed E-state index contributed by atoms with van der Waals surface area (Å²) in [6, 6.07) is 13.2. The van der Waals surface area contributed by atoms with Crippen LogP contribution in [0.15, 0.2) is 63.2 Å². The van der Waals surface area contributed by atoms with Gasteiger partial charge in [-0.15, -0.1) is 11.8 Å². The third kappa shape index (κ3) is 4.14. The summed E-state index contributed by atoms with van der Waals surface area (Å²) in [5.74, 6) is 0.318. The number of Topliss-reactive ketones (excluding diaryl/α,β-unsaturated/α-hetero) is 1. The van der Waals surface area contributed by atoms with Crippen LogP contribution < -0.4 is 4.74 Å². The molecule has 0 aliphatic carbocycles. The van der Waals surface area contributed by atoms with Crippen molar-refractivity contribution in [2.24, 2.45) is 0 Å². The highest BCUT2D eigenvalue weighted by atomic mass is 32.3. The molecule has 0 saturated carbocycles. The zero-order chi connectivity index (χ0) is 18.6.